The molecule has 0 bridgehead atoms. The Morgan fingerprint density at radius 3 is 2.58 bits per heavy atom. The average molecular weight is 285 g/mol. The Morgan fingerprint density at radius 2 is 2.05 bits per heavy atom. The summed E-state index contributed by atoms with van der Waals surface area (Å²) in [5.41, 5.74) is 0.738. The Hall–Kier alpha value is -1.10. The largest absolute Gasteiger partial charge is 0.495 e. The number of benzene rings is 1. The van der Waals surface area contributed by atoms with Gasteiger partial charge in [-0.25, -0.2) is 0 Å². The minimum absolute atomic E-state index is 0.0741. The lowest BCUT2D eigenvalue weighted by atomic mass is 9.72. The van der Waals surface area contributed by atoms with Gasteiger partial charge in [0.2, 0.25) is 0 Å². The number of halogens is 1. The first-order valence-corrected chi connectivity index (χ1v) is 6.47. The van der Waals surface area contributed by atoms with Crippen LogP contribution >= 0.6 is 11.6 Å². The molecule has 0 atom stereocenters. The molecular formula is C14H17ClO4. The van der Waals surface area contributed by atoms with Crippen LogP contribution in [0.2, 0.25) is 5.02 Å². The van der Waals surface area contributed by atoms with E-state index in [9.17, 15) is 15.0 Å². The highest BCUT2D eigenvalue weighted by molar-refractivity contribution is 6.32. The van der Waals surface area contributed by atoms with E-state index in [4.69, 9.17) is 16.3 Å². The summed E-state index contributed by atoms with van der Waals surface area (Å²) in [5, 5.41) is 19.1. The van der Waals surface area contributed by atoms with E-state index in [0.717, 1.165) is 5.56 Å². The third kappa shape index (κ3) is 2.24. The molecule has 0 unspecified atom stereocenters. The van der Waals surface area contributed by atoms with Crippen LogP contribution in [0.25, 0.3) is 0 Å². The molecule has 0 saturated heterocycles. The van der Waals surface area contributed by atoms with Crippen molar-refractivity contribution in [1.82, 2.24) is 0 Å². The molecule has 0 fully saturated rings. The fraction of sp³-hybridized carbons (Fsp3) is 0.500. The molecule has 4 nitrogen and oxygen atoms in total. The second kappa shape index (κ2) is 4.78. The molecule has 0 saturated carbocycles. The fourth-order valence-electron chi connectivity index (χ4n) is 2.48. The van der Waals surface area contributed by atoms with E-state index in [-0.39, 0.29) is 17.1 Å². The lowest BCUT2D eigenvalue weighted by molar-refractivity contribution is -0.0439. The van der Waals surface area contributed by atoms with E-state index < -0.39 is 11.7 Å². The molecule has 1 aromatic rings. The van der Waals surface area contributed by atoms with Crippen molar-refractivity contribution in [3.05, 3.63) is 27.8 Å². The van der Waals surface area contributed by atoms with E-state index >= 15 is 0 Å². The van der Waals surface area contributed by atoms with Crippen molar-refractivity contribution in [2.45, 2.75) is 33.0 Å². The van der Waals surface area contributed by atoms with Crippen molar-refractivity contribution >= 4 is 17.4 Å². The molecule has 0 heterocycles. The maximum Gasteiger partial charge on any atom is 0.182 e. The number of hydrogen-bond acceptors (Lipinski definition) is 4. The summed E-state index contributed by atoms with van der Waals surface area (Å²) < 4.78 is 5.22. The first kappa shape index (κ1) is 14.3. The lowest BCUT2D eigenvalue weighted by Crippen LogP contribution is -2.31. The third-order valence-corrected chi connectivity index (χ3v) is 4.02. The van der Waals surface area contributed by atoms with E-state index in [2.05, 4.69) is 0 Å². The van der Waals surface area contributed by atoms with Crippen LogP contribution in [0.4, 0.5) is 0 Å². The van der Waals surface area contributed by atoms with Gasteiger partial charge in [-0.3, -0.25) is 4.79 Å². The smallest absolute Gasteiger partial charge is 0.182 e. The minimum atomic E-state index is -1.73. The summed E-state index contributed by atoms with van der Waals surface area (Å²) in [6.07, 6.45) is -0.344. The van der Waals surface area contributed by atoms with Crippen molar-refractivity contribution in [1.29, 1.82) is 0 Å². The second-order valence-electron chi connectivity index (χ2n) is 5.42. The van der Waals surface area contributed by atoms with Gasteiger partial charge in [0, 0.05) is 10.4 Å². The van der Waals surface area contributed by atoms with Crippen LogP contribution in [-0.2, 0) is 6.42 Å². The summed E-state index contributed by atoms with van der Waals surface area (Å²) in [6.45, 7) is 3.74. The molecular weight excluding hydrogens is 268 g/mol. The number of fused-ring (bicyclic) bond motifs is 1. The number of methoxy groups -OCH3 is 1. The van der Waals surface area contributed by atoms with Crippen LogP contribution in [-0.4, -0.2) is 23.1 Å². The quantitative estimate of drug-likeness (QED) is 0.819. The molecule has 1 aliphatic rings. The van der Waals surface area contributed by atoms with E-state index in [0.29, 0.717) is 23.4 Å². The average Bonchev–Trinajstić information content (AvgIpc) is 2.33. The second-order valence-corrected chi connectivity index (χ2v) is 5.83. The zero-order chi connectivity index (χ0) is 14.4. The van der Waals surface area contributed by atoms with Crippen LogP contribution in [0.5, 0.6) is 5.75 Å². The molecule has 0 aromatic heterocycles. The Balaban J connectivity index is 2.75. The summed E-state index contributed by atoms with van der Waals surface area (Å²) in [6, 6.07) is 1.45. The van der Waals surface area contributed by atoms with Gasteiger partial charge in [-0.1, -0.05) is 25.4 Å². The molecule has 104 valence electrons. The van der Waals surface area contributed by atoms with Gasteiger partial charge in [-0.05, 0) is 24.5 Å². The van der Waals surface area contributed by atoms with Gasteiger partial charge < -0.3 is 14.9 Å². The van der Waals surface area contributed by atoms with E-state index in [1.807, 2.05) is 13.8 Å². The standard InChI is InChI=1S/C14H17ClO4/c1-14(2)5-4-7-9(15)6-8(13(17)18)11(19-3)10(7)12(14)16/h6,13,17-18H,4-5H2,1-3H3. The highest BCUT2D eigenvalue weighted by Crippen LogP contribution is 2.44. The summed E-state index contributed by atoms with van der Waals surface area (Å²) >= 11 is 6.15. The van der Waals surface area contributed by atoms with Crippen LogP contribution in [0, 0.1) is 5.41 Å². The number of carbonyl (C=O) groups excluding carboxylic acids is 1. The zero-order valence-electron chi connectivity index (χ0n) is 11.2. The van der Waals surface area contributed by atoms with Gasteiger partial charge in [-0.15, -0.1) is 0 Å². The maximum atomic E-state index is 12.5. The molecule has 2 N–H and O–H groups in total. The SMILES string of the molecule is COc1c(C(O)O)cc(Cl)c2c1C(=O)C(C)(C)CC2. The third-order valence-electron chi connectivity index (χ3n) is 3.69. The van der Waals surface area contributed by atoms with Gasteiger partial charge in [0.05, 0.1) is 18.2 Å². The molecule has 5 heteroatoms. The Morgan fingerprint density at radius 1 is 1.42 bits per heavy atom. The number of aliphatic hydroxyl groups is 2. The van der Waals surface area contributed by atoms with Gasteiger partial charge >= 0.3 is 0 Å². The highest BCUT2D eigenvalue weighted by Gasteiger charge is 2.38. The molecule has 2 rings (SSSR count). The minimum Gasteiger partial charge on any atom is -0.495 e. The fourth-order valence-corrected chi connectivity index (χ4v) is 2.78. The first-order chi connectivity index (χ1) is 8.79. The number of aliphatic hydroxyl groups excluding tert-OH is 1. The van der Waals surface area contributed by atoms with Crippen LogP contribution in [0.15, 0.2) is 6.07 Å². The van der Waals surface area contributed by atoms with Crippen LogP contribution < -0.4 is 4.74 Å². The zero-order valence-corrected chi connectivity index (χ0v) is 11.9. The molecule has 1 aromatic carbocycles. The topological polar surface area (TPSA) is 66.8 Å². The molecule has 1 aliphatic carbocycles. The van der Waals surface area contributed by atoms with Gasteiger partial charge in [-0.2, -0.15) is 0 Å². The number of ether oxygens (including phenoxy) is 1. The normalized spacial score (nSPS) is 17.5. The molecule has 19 heavy (non-hydrogen) atoms. The summed E-state index contributed by atoms with van der Waals surface area (Å²) in [7, 11) is 1.41. The number of carbonyl (C=O) groups is 1. The van der Waals surface area contributed by atoms with Crippen molar-refractivity contribution in [2.24, 2.45) is 5.41 Å². The van der Waals surface area contributed by atoms with Crippen LogP contribution in [0.3, 0.4) is 0 Å². The number of rotatable bonds is 2. The molecule has 0 aliphatic heterocycles. The molecule has 0 amide bonds. The van der Waals surface area contributed by atoms with E-state index in [1.165, 1.54) is 13.2 Å². The van der Waals surface area contributed by atoms with Crippen molar-refractivity contribution in [2.75, 3.05) is 7.11 Å². The number of ketones is 1. The lowest BCUT2D eigenvalue weighted by Gasteiger charge is -2.32. The van der Waals surface area contributed by atoms with Gasteiger partial charge in [0.15, 0.2) is 12.1 Å². The van der Waals surface area contributed by atoms with Gasteiger partial charge in [0.25, 0.3) is 0 Å². The number of Topliss-reactive ketones (excluding diaryl/α,β-unsaturated/α-hetero) is 1. The summed E-state index contributed by atoms with van der Waals surface area (Å²) in [5.74, 6) is 0.141. The molecule has 0 radical (unpaired) electrons. The van der Waals surface area contributed by atoms with Crippen molar-refractivity contribution < 1.29 is 19.7 Å². The predicted molar refractivity (Wildman–Crippen MR) is 71.6 cm³/mol. The maximum absolute atomic E-state index is 12.5. The monoisotopic (exact) mass is 284 g/mol. The van der Waals surface area contributed by atoms with Crippen LogP contribution in [0.1, 0.15) is 48.0 Å². The Kier molecular flexibility index (Phi) is 3.60. The van der Waals surface area contributed by atoms with Crippen molar-refractivity contribution in [3.63, 3.8) is 0 Å². The summed E-state index contributed by atoms with van der Waals surface area (Å²) in [4.78, 5) is 12.5. The highest BCUT2D eigenvalue weighted by atomic mass is 35.5. The van der Waals surface area contributed by atoms with Gasteiger partial charge in [0.1, 0.15) is 5.75 Å². The first-order valence-electron chi connectivity index (χ1n) is 6.10. The predicted octanol–water partition coefficient (Wildman–Crippen LogP) is 2.49. The van der Waals surface area contributed by atoms with E-state index in [1.54, 1.807) is 0 Å². The Bertz CT molecular complexity index is 535. The molecule has 0 spiro atoms. The Labute approximate surface area is 117 Å². The van der Waals surface area contributed by atoms with Crippen molar-refractivity contribution in [3.8, 4) is 5.75 Å². The number of hydrogen-bond donors (Lipinski definition) is 2.